The molecule has 0 aliphatic carbocycles. The summed E-state index contributed by atoms with van der Waals surface area (Å²) in [6, 6.07) is 11.0. The van der Waals surface area contributed by atoms with Gasteiger partial charge in [-0.3, -0.25) is 0 Å². The maximum absolute atomic E-state index is 11.7. The molecule has 5 nitrogen and oxygen atoms in total. The lowest BCUT2D eigenvalue weighted by Crippen LogP contribution is -3.00. The van der Waals surface area contributed by atoms with Gasteiger partial charge in [0.1, 0.15) is 17.9 Å². The van der Waals surface area contributed by atoms with Crippen LogP contribution in [0.5, 0.6) is 0 Å². The summed E-state index contributed by atoms with van der Waals surface area (Å²) in [5.41, 5.74) is 7.46. The van der Waals surface area contributed by atoms with Gasteiger partial charge in [-0.05, 0) is 18.2 Å². The molecule has 0 unspecified atom stereocenters. The minimum Gasteiger partial charge on any atom is -1.00 e. The van der Waals surface area contributed by atoms with Gasteiger partial charge < -0.3 is 46.1 Å². The number of benzene rings is 2. The fraction of sp³-hybridized carbons (Fsp3) is 0.188. The molecule has 2 amide bonds. The lowest BCUT2D eigenvalue weighted by molar-refractivity contribution is -0.588. The maximum atomic E-state index is 11.7. The van der Waals surface area contributed by atoms with Gasteiger partial charge in [-0.2, -0.15) is 0 Å². The Labute approximate surface area is 169 Å². The van der Waals surface area contributed by atoms with Crippen molar-refractivity contribution < 1.29 is 40.7 Å². The van der Waals surface area contributed by atoms with E-state index in [9.17, 15) is 4.79 Å². The van der Waals surface area contributed by atoms with Gasteiger partial charge in [-0.25, -0.2) is 4.79 Å². The van der Waals surface area contributed by atoms with E-state index in [2.05, 4.69) is 16.4 Å². The highest BCUT2D eigenvalue weighted by Gasteiger charge is 2.11. The average molecular weight is 426 g/mol. The standard InChI is InChI=1S/C16H18Cl2N4O.2ClH/c1-22(2)16(23)21-15-6-5-12(8-14(15)19)20-9-10-3-4-11(17)7-13(10)18;;/h3-8,20H,9,19H2,1-2H3,(H,21,23);2*1H. The smallest absolute Gasteiger partial charge is 0.321 e. The third-order valence-electron chi connectivity index (χ3n) is 3.35. The van der Waals surface area contributed by atoms with E-state index in [0.717, 1.165) is 16.9 Å². The lowest BCUT2D eigenvalue weighted by atomic mass is 10.2. The van der Waals surface area contributed by atoms with Crippen LogP contribution < -0.4 is 41.2 Å². The molecule has 2 aromatic carbocycles. The van der Waals surface area contributed by atoms with Crippen LogP contribution in [0, 0.1) is 0 Å². The zero-order valence-corrected chi connectivity index (χ0v) is 16.8. The van der Waals surface area contributed by atoms with Crippen molar-refractivity contribution in [3.05, 3.63) is 52.0 Å². The highest BCUT2D eigenvalue weighted by Crippen LogP contribution is 2.21. The number of carbonyl (C=O) groups excluding carboxylic acids is 1. The van der Waals surface area contributed by atoms with Crippen molar-refractivity contribution in [2.75, 3.05) is 19.4 Å². The molecule has 0 aliphatic heterocycles. The average Bonchev–Trinajstić information content (AvgIpc) is 2.48. The van der Waals surface area contributed by atoms with E-state index in [0.29, 0.717) is 22.3 Å². The maximum Gasteiger partial charge on any atom is 0.321 e. The summed E-state index contributed by atoms with van der Waals surface area (Å²) in [7, 11) is 3.38. The van der Waals surface area contributed by atoms with Gasteiger partial charge in [-0.15, -0.1) is 0 Å². The number of hydrogen-bond acceptors (Lipinski definition) is 1. The van der Waals surface area contributed by atoms with Gasteiger partial charge in [0, 0.05) is 30.7 Å². The predicted molar refractivity (Wildman–Crippen MR) is 93.4 cm³/mol. The highest BCUT2D eigenvalue weighted by molar-refractivity contribution is 6.35. The molecule has 9 heteroatoms. The molecule has 0 saturated carbocycles. The van der Waals surface area contributed by atoms with Crippen molar-refractivity contribution >= 4 is 46.3 Å². The molecule has 0 aromatic heterocycles. The van der Waals surface area contributed by atoms with Gasteiger partial charge in [0.15, 0.2) is 5.69 Å². The quantitative estimate of drug-likeness (QED) is 0.434. The summed E-state index contributed by atoms with van der Waals surface area (Å²) in [6.45, 7) is 0.693. The molecule has 6 N–H and O–H groups in total. The molecule has 0 fully saturated rings. The van der Waals surface area contributed by atoms with Gasteiger partial charge in [0.05, 0.1) is 11.1 Å². The summed E-state index contributed by atoms with van der Waals surface area (Å²) in [5.74, 6) is 0. The first-order chi connectivity index (χ1) is 10.9. The van der Waals surface area contributed by atoms with Crippen LogP contribution in [0.2, 0.25) is 10.0 Å². The summed E-state index contributed by atoms with van der Waals surface area (Å²) < 4.78 is 0. The van der Waals surface area contributed by atoms with Crippen LogP contribution in [-0.2, 0) is 6.54 Å². The lowest BCUT2D eigenvalue weighted by Gasteiger charge is -2.12. The molecule has 0 aliphatic rings. The van der Waals surface area contributed by atoms with E-state index in [-0.39, 0.29) is 30.8 Å². The second-order valence-electron chi connectivity index (χ2n) is 5.39. The largest absolute Gasteiger partial charge is 1.00 e. The topological polar surface area (TPSA) is 76.6 Å². The number of halogens is 4. The Hall–Kier alpha value is -1.21. The molecule has 0 saturated heterocycles. The summed E-state index contributed by atoms with van der Waals surface area (Å²) >= 11 is 12.1. The molecule has 138 valence electrons. The van der Waals surface area contributed by atoms with E-state index in [1.807, 2.05) is 30.3 Å². The Balaban J connectivity index is 0.00000288. The molecule has 2 rings (SSSR count). The number of urea groups is 1. The Morgan fingerprint density at radius 1 is 1.16 bits per heavy atom. The molecule has 0 heterocycles. The van der Waals surface area contributed by atoms with Crippen LogP contribution in [-0.4, -0.2) is 25.0 Å². The summed E-state index contributed by atoms with van der Waals surface area (Å²) in [4.78, 5) is 13.2. The van der Waals surface area contributed by atoms with E-state index in [1.54, 1.807) is 20.2 Å². The number of hydrogen-bond donors (Lipinski definition) is 3. The van der Waals surface area contributed by atoms with Crippen molar-refractivity contribution in [1.29, 1.82) is 0 Å². The van der Waals surface area contributed by atoms with Gasteiger partial charge >= 0.3 is 6.03 Å². The van der Waals surface area contributed by atoms with Gasteiger partial charge in [0.25, 0.3) is 0 Å². The molecule has 25 heavy (non-hydrogen) atoms. The fourth-order valence-corrected chi connectivity index (χ4v) is 2.49. The number of quaternary nitrogens is 2. The third-order valence-corrected chi connectivity index (χ3v) is 3.94. The minimum atomic E-state index is -0.181. The Kier molecular flexibility index (Phi) is 10.2. The van der Waals surface area contributed by atoms with Crippen LogP contribution in [0.1, 0.15) is 5.56 Å². The van der Waals surface area contributed by atoms with E-state index >= 15 is 0 Å². The highest BCUT2D eigenvalue weighted by atomic mass is 35.5. The molecule has 0 bridgehead atoms. The molecular weight excluding hydrogens is 406 g/mol. The number of nitrogens with zero attached hydrogens (tertiary/aromatic N) is 1. The Bertz CT molecular complexity index is 725. The number of rotatable bonds is 4. The van der Waals surface area contributed by atoms with Crippen molar-refractivity contribution in [2.45, 2.75) is 6.54 Å². The number of nitrogens with one attached hydrogen (secondary N) is 1. The van der Waals surface area contributed by atoms with Crippen LogP contribution in [0.3, 0.4) is 0 Å². The second-order valence-corrected chi connectivity index (χ2v) is 6.23. The first-order valence-electron chi connectivity index (χ1n) is 7.08. The normalized spacial score (nSPS) is 9.64. The SMILES string of the molecule is CN(C)C(=O)Nc1ccc([NH2+]Cc2ccc(Cl)cc2Cl)cc1[NH3+].[Cl-].[Cl-]. The van der Waals surface area contributed by atoms with Crippen LogP contribution in [0.25, 0.3) is 0 Å². The van der Waals surface area contributed by atoms with E-state index in [1.165, 1.54) is 4.90 Å². The zero-order chi connectivity index (χ0) is 17.0. The van der Waals surface area contributed by atoms with Crippen molar-refractivity contribution in [1.82, 2.24) is 4.90 Å². The van der Waals surface area contributed by atoms with Gasteiger partial charge in [0.2, 0.25) is 0 Å². The van der Waals surface area contributed by atoms with Crippen LogP contribution in [0.4, 0.5) is 21.9 Å². The third kappa shape index (κ3) is 6.90. The van der Waals surface area contributed by atoms with Crippen molar-refractivity contribution in [3.8, 4) is 0 Å². The number of anilines is 1. The second kappa shape index (κ2) is 10.7. The van der Waals surface area contributed by atoms with E-state index in [4.69, 9.17) is 23.2 Å². The van der Waals surface area contributed by atoms with Gasteiger partial charge in [-0.1, -0.05) is 29.3 Å². The predicted octanol–water partition coefficient (Wildman–Crippen LogP) is -3.64. The molecule has 0 spiro atoms. The number of amides is 2. The first-order valence-corrected chi connectivity index (χ1v) is 7.84. The Morgan fingerprint density at radius 2 is 1.84 bits per heavy atom. The summed E-state index contributed by atoms with van der Waals surface area (Å²) in [6.07, 6.45) is 0. The van der Waals surface area contributed by atoms with Crippen LogP contribution >= 0.6 is 23.2 Å². The van der Waals surface area contributed by atoms with Crippen molar-refractivity contribution in [3.63, 3.8) is 0 Å². The number of nitrogens with two attached hydrogens (primary N) is 1. The first kappa shape index (κ1) is 23.8. The Morgan fingerprint density at radius 3 is 2.40 bits per heavy atom. The zero-order valence-electron chi connectivity index (χ0n) is 13.8. The van der Waals surface area contributed by atoms with E-state index < -0.39 is 0 Å². The minimum absolute atomic E-state index is 0. The monoisotopic (exact) mass is 424 g/mol. The van der Waals surface area contributed by atoms with Crippen LogP contribution in [0.15, 0.2) is 36.4 Å². The molecular formula is C16H20Cl4N4O. The molecule has 0 radical (unpaired) electrons. The summed E-state index contributed by atoms with van der Waals surface area (Å²) in [5, 5.41) is 6.13. The fourth-order valence-electron chi connectivity index (χ4n) is 2.00. The van der Waals surface area contributed by atoms with Crippen molar-refractivity contribution in [2.24, 2.45) is 0 Å². The number of carbonyl (C=O) groups is 1. The molecule has 0 atom stereocenters. The molecule has 2 aromatic rings.